The van der Waals surface area contributed by atoms with Crippen LogP contribution in [0, 0.1) is 11.8 Å². The maximum Gasteiger partial charge on any atom is 0.0166 e. The van der Waals surface area contributed by atoms with E-state index in [1.807, 2.05) is 0 Å². The maximum atomic E-state index is 3.82. The first-order valence-corrected chi connectivity index (χ1v) is 9.73. The van der Waals surface area contributed by atoms with Crippen molar-refractivity contribution >= 4 is 0 Å². The summed E-state index contributed by atoms with van der Waals surface area (Å²) in [5.74, 6) is 2.00. The second-order valence-corrected chi connectivity index (χ2v) is 7.70. The number of rotatable bonds is 8. The van der Waals surface area contributed by atoms with Crippen LogP contribution in [0.15, 0.2) is 0 Å². The number of unbranched alkanes of at least 4 members (excludes halogenated alkanes) is 1. The standard InChI is InChI=1S/C19H38N2/c1-3-4-8-18-9-11-19(12-10-18)15-20-17(2)16-21-13-6-5-7-14-21/h17-20H,3-16H2,1-2H3. The third kappa shape index (κ3) is 6.69. The first kappa shape index (κ1) is 17.3. The highest BCUT2D eigenvalue weighted by Gasteiger charge is 2.21. The van der Waals surface area contributed by atoms with Gasteiger partial charge in [-0.25, -0.2) is 0 Å². The molecule has 2 aliphatic rings. The molecule has 1 saturated carbocycles. The van der Waals surface area contributed by atoms with E-state index in [-0.39, 0.29) is 0 Å². The predicted octanol–water partition coefficient (Wildman–Crippen LogP) is 4.45. The van der Waals surface area contributed by atoms with Crippen molar-refractivity contribution in [1.29, 1.82) is 0 Å². The van der Waals surface area contributed by atoms with E-state index in [0.717, 1.165) is 11.8 Å². The molecule has 0 amide bonds. The predicted molar refractivity (Wildman–Crippen MR) is 92.7 cm³/mol. The summed E-state index contributed by atoms with van der Waals surface area (Å²) >= 11 is 0. The highest BCUT2D eigenvalue weighted by Crippen LogP contribution is 2.31. The van der Waals surface area contributed by atoms with Crippen molar-refractivity contribution in [2.45, 2.75) is 84.1 Å². The molecule has 2 nitrogen and oxygen atoms in total. The van der Waals surface area contributed by atoms with E-state index in [1.54, 1.807) is 0 Å². The Labute approximate surface area is 133 Å². The second-order valence-electron chi connectivity index (χ2n) is 7.70. The van der Waals surface area contributed by atoms with Crippen LogP contribution in [-0.4, -0.2) is 37.1 Å². The Balaban J connectivity index is 1.54. The molecule has 2 rings (SSSR count). The van der Waals surface area contributed by atoms with Crippen LogP contribution >= 0.6 is 0 Å². The molecule has 2 fully saturated rings. The minimum Gasteiger partial charge on any atom is -0.313 e. The van der Waals surface area contributed by atoms with E-state index in [9.17, 15) is 0 Å². The molecule has 0 aromatic carbocycles. The first-order chi connectivity index (χ1) is 10.3. The molecular formula is C19H38N2. The van der Waals surface area contributed by atoms with E-state index < -0.39 is 0 Å². The molecule has 124 valence electrons. The fourth-order valence-corrected chi connectivity index (χ4v) is 4.18. The van der Waals surface area contributed by atoms with E-state index in [4.69, 9.17) is 0 Å². The molecular weight excluding hydrogens is 256 g/mol. The first-order valence-electron chi connectivity index (χ1n) is 9.73. The van der Waals surface area contributed by atoms with E-state index in [2.05, 4.69) is 24.1 Å². The van der Waals surface area contributed by atoms with Crippen molar-refractivity contribution < 1.29 is 0 Å². The van der Waals surface area contributed by atoms with Crippen LogP contribution in [0.3, 0.4) is 0 Å². The van der Waals surface area contributed by atoms with Gasteiger partial charge < -0.3 is 10.2 Å². The van der Waals surface area contributed by atoms with Gasteiger partial charge in [-0.15, -0.1) is 0 Å². The lowest BCUT2D eigenvalue weighted by molar-refractivity contribution is 0.199. The lowest BCUT2D eigenvalue weighted by atomic mass is 9.80. The summed E-state index contributed by atoms with van der Waals surface area (Å²) in [6.45, 7) is 9.87. The largest absolute Gasteiger partial charge is 0.313 e. The molecule has 0 aromatic heterocycles. The summed E-state index contributed by atoms with van der Waals surface area (Å²) in [4.78, 5) is 2.66. The van der Waals surface area contributed by atoms with Crippen molar-refractivity contribution in [2.75, 3.05) is 26.2 Å². The zero-order valence-corrected chi connectivity index (χ0v) is 14.6. The fourth-order valence-electron chi connectivity index (χ4n) is 4.18. The highest BCUT2D eigenvalue weighted by molar-refractivity contribution is 4.77. The molecule has 2 heteroatoms. The number of hydrogen-bond acceptors (Lipinski definition) is 2. The number of piperidine rings is 1. The minimum atomic E-state index is 0.668. The Kier molecular flexibility index (Phi) is 8.10. The summed E-state index contributed by atoms with van der Waals surface area (Å²) < 4.78 is 0. The molecule has 1 aliphatic carbocycles. The summed E-state index contributed by atoms with van der Waals surface area (Å²) in [5, 5.41) is 3.82. The molecule has 21 heavy (non-hydrogen) atoms. The highest BCUT2D eigenvalue weighted by atomic mass is 15.1. The average Bonchev–Trinajstić information content (AvgIpc) is 2.53. The van der Waals surface area contributed by atoms with Gasteiger partial charge in [-0.3, -0.25) is 0 Å². The summed E-state index contributed by atoms with van der Waals surface area (Å²) in [5.41, 5.74) is 0. The number of nitrogens with zero attached hydrogens (tertiary/aromatic N) is 1. The Morgan fingerprint density at radius 3 is 2.33 bits per heavy atom. The van der Waals surface area contributed by atoms with Crippen molar-refractivity contribution in [3.63, 3.8) is 0 Å². The topological polar surface area (TPSA) is 15.3 Å². The zero-order valence-electron chi connectivity index (χ0n) is 14.6. The third-order valence-corrected chi connectivity index (χ3v) is 5.67. The quantitative estimate of drug-likeness (QED) is 0.711. The third-order valence-electron chi connectivity index (χ3n) is 5.67. The van der Waals surface area contributed by atoms with Crippen molar-refractivity contribution in [3.8, 4) is 0 Å². The number of nitrogens with one attached hydrogen (secondary N) is 1. The summed E-state index contributed by atoms with van der Waals surface area (Å²) in [6.07, 6.45) is 14.5. The maximum absolute atomic E-state index is 3.82. The molecule has 1 aliphatic heterocycles. The van der Waals surface area contributed by atoms with E-state index in [1.165, 1.54) is 90.4 Å². The van der Waals surface area contributed by atoms with Crippen LogP contribution in [0.5, 0.6) is 0 Å². The Morgan fingerprint density at radius 2 is 1.67 bits per heavy atom. The van der Waals surface area contributed by atoms with Crippen molar-refractivity contribution in [2.24, 2.45) is 11.8 Å². The lowest BCUT2D eigenvalue weighted by Crippen LogP contribution is -2.43. The lowest BCUT2D eigenvalue weighted by Gasteiger charge is -2.32. The Bertz CT molecular complexity index is 252. The van der Waals surface area contributed by atoms with Gasteiger partial charge in [0.1, 0.15) is 0 Å². The normalized spacial score (nSPS) is 29.4. The molecule has 1 N–H and O–H groups in total. The molecule has 1 atom stereocenters. The Morgan fingerprint density at radius 1 is 1.00 bits per heavy atom. The monoisotopic (exact) mass is 294 g/mol. The van der Waals surface area contributed by atoms with Crippen LogP contribution in [0.25, 0.3) is 0 Å². The van der Waals surface area contributed by atoms with Crippen LogP contribution in [0.4, 0.5) is 0 Å². The van der Waals surface area contributed by atoms with Crippen LogP contribution in [0.2, 0.25) is 0 Å². The van der Waals surface area contributed by atoms with E-state index in [0.29, 0.717) is 6.04 Å². The minimum absolute atomic E-state index is 0.668. The van der Waals surface area contributed by atoms with Gasteiger partial charge in [-0.05, 0) is 64.1 Å². The van der Waals surface area contributed by atoms with Gasteiger partial charge >= 0.3 is 0 Å². The van der Waals surface area contributed by atoms with Crippen molar-refractivity contribution in [1.82, 2.24) is 10.2 Å². The molecule has 0 aromatic rings. The fraction of sp³-hybridized carbons (Fsp3) is 1.00. The van der Waals surface area contributed by atoms with Gasteiger partial charge in [-0.1, -0.05) is 45.4 Å². The molecule has 0 radical (unpaired) electrons. The number of hydrogen-bond donors (Lipinski definition) is 1. The molecule has 0 spiro atoms. The Hall–Kier alpha value is -0.0800. The SMILES string of the molecule is CCCCC1CCC(CNC(C)CN2CCCCC2)CC1. The van der Waals surface area contributed by atoms with Gasteiger partial charge in [-0.2, -0.15) is 0 Å². The molecule has 1 saturated heterocycles. The summed E-state index contributed by atoms with van der Waals surface area (Å²) in [7, 11) is 0. The summed E-state index contributed by atoms with van der Waals surface area (Å²) in [6, 6.07) is 0.668. The van der Waals surface area contributed by atoms with Crippen LogP contribution in [-0.2, 0) is 0 Å². The van der Waals surface area contributed by atoms with Crippen LogP contribution in [0.1, 0.15) is 78.1 Å². The van der Waals surface area contributed by atoms with Crippen molar-refractivity contribution in [3.05, 3.63) is 0 Å². The number of likely N-dealkylation sites (tertiary alicyclic amines) is 1. The smallest absolute Gasteiger partial charge is 0.0166 e. The van der Waals surface area contributed by atoms with E-state index >= 15 is 0 Å². The molecule has 1 heterocycles. The van der Waals surface area contributed by atoms with Gasteiger partial charge in [0.2, 0.25) is 0 Å². The van der Waals surface area contributed by atoms with Crippen LogP contribution < -0.4 is 5.32 Å². The van der Waals surface area contributed by atoms with Gasteiger partial charge in [0.25, 0.3) is 0 Å². The molecule has 0 bridgehead atoms. The van der Waals surface area contributed by atoms with Gasteiger partial charge in [0.15, 0.2) is 0 Å². The zero-order chi connectivity index (χ0) is 14.9. The average molecular weight is 295 g/mol. The second kappa shape index (κ2) is 9.84. The molecule has 1 unspecified atom stereocenters. The van der Waals surface area contributed by atoms with Gasteiger partial charge in [0.05, 0.1) is 0 Å². The van der Waals surface area contributed by atoms with Gasteiger partial charge in [0, 0.05) is 12.6 Å².